The molecule has 1 aliphatic heterocycles. The quantitative estimate of drug-likeness (QED) is 0.403. The molecule has 2 amide bonds. The zero-order chi connectivity index (χ0) is 19.0. The van der Waals surface area contributed by atoms with E-state index >= 15 is 0 Å². The third-order valence-corrected chi connectivity index (χ3v) is 4.39. The first-order valence-electron chi connectivity index (χ1n) is 7.16. The number of phenolic OH excluding ortho intramolecular Hbond substituents is 2. The van der Waals surface area contributed by atoms with E-state index in [0.717, 1.165) is 11.0 Å². The lowest BCUT2D eigenvalue weighted by molar-refractivity contribution is -0.122. The highest BCUT2D eigenvalue weighted by Gasteiger charge is 2.35. The second kappa shape index (κ2) is 6.95. The van der Waals surface area contributed by atoms with Crippen molar-refractivity contribution in [3.63, 3.8) is 0 Å². The van der Waals surface area contributed by atoms with Crippen molar-refractivity contribution in [3.05, 3.63) is 57.6 Å². The van der Waals surface area contributed by atoms with E-state index in [1.54, 1.807) is 0 Å². The van der Waals surface area contributed by atoms with Gasteiger partial charge in [0, 0.05) is 16.7 Å². The maximum absolute atomic E-state index is 12.9. The summed E-state index contributed by atoms with van der Waals surface area (Å²) in [6.07, 6.45) is 1.20. The fourth-order valence-corrected chi connectivity index (χ4v) is 3.12. The van der Waals surface area contributed by atoms with Gasteiger partial charge in [0.2, 0.25) is 0 Å². The summed E-state index contributed by atoms with van der Waals surface area (Å²) in [7, 11) is 0. The number of hydrogen-bond donors (Lipinski definition) is 3. The summed E-state index contributed by atoms with van der Waals surface area (Å²) in [5, 5.41) is 22.1. The highest BCUT2D eigenvalue weighted by Crippen LogP contribution is 2.32. The molecular formula is C17H10Cl2N2O4S. The minimum absolute atomic E-state index is 0.128. The van der Waals surface area contributed by atoms with Gasteiger partial charge >= 0.3 is 0 Å². The Balaban J connectivity index is 2.07. The van der Waals surface area contributed by atoms with Crippen LogP contribution in [0.1, 0.15) is 5.56 Å². The molecule has 1 aliphatic rings. The number of anilines is 1. The molecule has 0 aliphatic carbocycles. The smallest absolute Gasteiger partial charge is 0.270 e. The fourth-order valence-electron chi connectivity index (χ4n) is 2.35. The highest BCUT2D eigenvalue weighted by atomic mass is 35.5. The molecule has 0 bridgehead atoms. The zero-order valence-electron chi connectivity index (χ0n) is 12.9. The van der Waals surface area contributed by atoms with Crippen LogP contribution in [-0.4, -0.2) is 27.1 Å². The van der Waals surface area contributed by atoms with Crippen molar-refractivity contribution in [1.82, 2.24) is 5.32 Å². The molecule has 132 valence electrons. The number of phenols is 2. The van der Waals surface area contributed by atoms with E-state index in [4.69, 9.17) is 35.4 Å². The van der Waals surface area contributed by atoms with Crippen LogP contribution < -0.4 is 10.2 Å². The molecular weight excluding hydrogens is 399 g/mol. The Hall–Kier alpha value is -2.61. The van der Waals surface area contributed by atoms with Crippen LogP contribution in [-0.2, 0) is 9.59 Å². The van der Waals surface area contributed by atoms with Crippen molar-refractivity contribution in [2.45, 2.75) is 0 Å². The Morgan fingerprint density at radius 2 is 1.81 bits per heavy atom. The molecule has 9 heteroatoms. The number of hydrogen-bond acceptors (Lipinski definition) is 5. The third kappa shape index (κ3) is 3.37. The lowest BCUT2D eigenvalue weighted by Gasteiger charge is -2.29. The predicted molar refractivity (Wildman–Crippen MR) is 102 cm³/mol. The number of rotatable bonds is 2. The molecule has 1 fully saturated rings. The molecule has 3 N–H and O–H groups in total. The average molecular weight is 409 g/mol. The zero-order valence-corrected chi connectivity index (χ0v) is 15.2. The van der Waals surface area contributed by atoms with Crippen LogP contribution in [0.4, 0.5) is 5.69 Å². The molecule has 6 nitrogen and oxygen atoms in total. The van der Waals surface area contributed by atoms with Gasteiger partial charge in [-0.05, 0) is 48.6 Å². The molecule has 0 spiro atoms. The molecule has 26 heavy (non-hydrogen) atoms. The molecule has 2 aromatic rings. The van der Waals surface area contributed by atoms with Crippen molar-refractivity contribution in [2.75, 3.05) is 4.90 Å². The molecule has 3 rings (SSSR count). The summed E-state index contributed by atoms with van der Waals surface area (Å²) in [5.41, 5.74) is 0.175. The van der Waals surface area contributed by atoms with Gasteiger partial charge < -0.3 is 10.2 Å². The minimum atomic E-state index is -0.714. The molecule has 1 heterocycles. The van der Waals surface area contributed by atoms with Gasteiger partial charge in [-0.1, -0.05) is 23.2 Å². The molecule has 0 unspecified atom stereocenters. The van der Waals surface area contributed by atoms with Gasteiger partial charge in [0.05, 0.1) is 10.7 Å². The van der Waals surface area contributed by atoms with Crippen molar-refractivity contribution in [3.8, 4) is 11.5 Å². The first-order valence-corrected chi connectivity index (χ1v) is 8.33. The normalized spacial score (nSPS) is 16.2. The van der Waals surface area contributed by atoms with Crippen molar-refractivity contribution >= 4 is 64.1 Å². The summed E-state index contributed by atoms with van der Waals surface area (Å²) < 4.78 is 0. The number of carbonyl (C=O) groups excluding carboxylic acids is 2. The number of halogens is 2. The van der Waals surface area contributed by atoms with Gasteiger partial charge in [0.1, 0.15) is 17.1 Å². The maximum Gasteiger partial charge on any atom is 0.270 e. The number of carbonyl (C=O) groups is 2. The minimum Gasteiger partial charge on any atom is -0.508 e. The van der Waals surface area contributed by atoms with E-state index in [0.29, 0.717) is 5.02 Å². The van der Waals surface area contributed by atoms with Gasteiger partial charge in [-0.25, -0.2) is 0 Å². The maximum atomic E-state index is 12.9. The topological polar surface area (TPSA) is 89.9 Å². The standard InChI is InChI=1S/C17H10Cl2N2O4S/c18-9-2-4-13(12(19)6-9)21-16(25)11(15(24)20-17(21)26)5-8-1-3-10(22)7-14(8)23/h1-7,22-23H,(H,20,24,26)/b11-5+. The van der Waals surface area contributed by atoms with Crippen LogP contribution in [0.15, 0.2) is 42.0 Å². The van der Waals surface area contributed by atoms with Crippen LogP contribution in [0.2, 0.25) is 10.0 Å². The van der Waals surface area contributed by atoms with Crippen LogP contribution in [0, 0.1) is 0 Å². The molecule has 0 saturated carbocycles. The second-order valence-corrected chi connectivity index (χ2v) is 6.53. The summed E-state index contributed by atoms with van der Waals surface area (Å²) in [6.45, 7) is 0. The molecule has 0 radical (unpaired) electrons. The molecule has 2 aromatic carbocycles. The molecule has 0 aromatic heterocycles. The van der Waals surface area contributed by atoms with E-state index in [1.807, 2.05) is 0 Å². The Kier molecular flexibility index (Phi) is 4.86. The number of thiocarbonyl (C=S) groups is 1. The first kappa shape index (κ1) is 18.2. The van der Waals surface area contributed by atoms with E-state index in [1.165, 1.54) is 36.4 Å². The van der Waals surface area contributed by atoms with Crippen LogP contribution >= 0.6 is 35.4 Å². The number of nitrogens with zero attached hydrogens (tertiary/aromatic N) is 1. The van der Waals surface area contributed by atoms with E-state index in [9.17, 15) is 19.8 Å². The number of aromatic hydroxyl groups is 2. The Bertz CT molecular complexity index is 991. The molecule has 1 saturated heterocycles. The molecule has 0 atom stereocenters. The number of benzene rings is 2. The van der Waals surface area contributed by atoms with Crippen LogP contribution in [0.25, 0.3) is 6.08 Å². The van der Waals surface area contributed by atoms with Gasteiger partial charge in [-0.3, -0.25) is 19.8 Å². The second-order valence-electron chi connectivity index (χ2n) is 5.30. The van der Waals surface area contributed by atoms with Crippen molar-refractivity contribution in [2.24, 2.45) is 0 Å². The summed E-state index contributed by atoms with van der Waals surface area (Å²) in [4.78, 5) is 26.1. The van der Waals surface area contributed by atoms with E-state index < -0.39 is 11.8 Å². The average Bonchev–Trinajstić information content (AvgIpc) is 2.55. The summed E-state index contributed by atoms with van der Waals surface area (Å²) >= 11 is 17.1. The summed E-state index contributed by atoms with van der Waals surface area (Å²) in [5.74, 6) is -1.87. The summed E-state index contributed by atoms with van der Waals surface area (Å²) in [6, 6.07) is 8.25. The first-order chi connectivity index (χ1) is 12.3. The van der Waals surface area contributed by atoms with E-state index in [-0.39, 0.29) is 38.5 Å². The Morgan fingerprint density at radius 1 is 1.08 bits per heavy atom. The van der Waals surface area contributed by atoms with Crippen LogP contribution in [0.5, 0.6) is 11.5 Å². The van der Waals surface area contributed by atoms with Gasteiger partial charge in [0.15, 0.2) is 5.11 Å². The van der Waals surface area contributed by atoms with Crippen molar-refractivity contribution in [1.29, 1.82) is 0 Å². The highest BCUT2D eigenvalue weighted by molar-refractivity contribution is 7.80. The lowest BCUT2D eigenvalue weighted by Crippen LogP contribution is -2.54. The largest absolute Gasteiger partial charge is 0.508 e. The predicted octanol–water partition coefficient (Wildman–Crippen LogP) is 3.24. The van der Waals surface area contributed by atoms with Crippen LogP contribution in [0.3, 0.4) is 0 Å². The fraction of sp³-hybridized carbons (Fsp3) is 0. The van der Waals surface area contributed by atoms with Gasteiger partial charge in [-0.2, -0.15) is 0 Å². The third-order valence-electron chi connectivity index (χ3n) is 3.57. The monoisotopic (exact) mass is 408 g/mol. The Morgan fingerprint density at radius 3 is 2.46 bits per heavy atom. The lowest BCUT2D eigenvalue weighted by atomic mass is 10.1. The number of nitrogens with one attached hydrogen (secondary N) is 1. The number of amides is 2. The van der Waals surface area contributed by atoms with Crippen molar-refractivity contribution < 1.29 is 19.8 Å². The van der Waals surface area contributed by atoms with Gasteiger partial charge in [0.25, 0.3) is 11.8 Å². The SMILES string of the molecule is O=C1NC(=S)N(c2ccc(Cl)cc2Cl)C(=O)/C1=C/c1ccc(O)cc1O. The Labute approximate surface area is 163 Å². The van der Waals surface area contributed by atoms with E-state index in [2.05, 4.69) is 5.32 Å². The van der Waals surface area contributed by atoms with Gasteiger partial charge in [-0.15, -0.1) is 0 Å².